The standard InChI is InChI=1S/C14H16N4O2.ClH/c1-16-6-8-17(9-7-16)13-11(10-19)14(20)18-5-3-2-4-12(18)15-13;/h2-5,10H,6-9H2,1H3;1H. The fraction of sp³-hybridized carbons (Fsp3) is 0.357. The number of piperazine rings is 1. The van der Waals surface area contributed by atoms with Gasteiger partial charge in [0.1, 0.15) is 17.0 Å². The summed E-state index contributed by atoms with van der Waals surface area (Å²) in [5.74, 6) is 0.504. The first kappa shape index (κ1) is 15.5. The summed E-state index contributed by atoms with van der Waals surface area (Å²) in [6.07, 6.45) is 2.24. The lowest BCUT2D eigenvalue weighted by Crippen LogP contribution is -2.46. The first-order chi connectivity index (χ1) is 9.70. The van der Waals surface area contributed by atoms with Crippen LogP contribution in [-0.2, 0) is 0 Å². The number of carbonyl (C=O) groups is 1. The molecule has 3 heterocycles. The molecule has 0 aliphatic carbocycles. The molecule has 1 aliphatic rings. The van der Waals surface area contributed by atoms with Gasteiger partial charge in [0.15, 0.2) is 6.29 Å². The zero-order valence-electron chi connectivity index (χ0n) is 11.7. The van der Waals surface area contributed by atoms with Crippen LogP contribution in [0, 0.1) is 0 Å². The summed E-state index contributed by atoms with van der Waals surface area (Å²) in [5.41, 5.74) is 0.398. The SMILES string of the molecule is CN1CCN(c2nc3ccccn3c(=O)c2C=O)CC1.Cl. The molecular weight excluding hydrogens is 292 g/mol. The molecule has 21 heavy (non-hydrogen) atoms. The van der Waals surface area contributed by atoms with E-state index in [1.807, 2.05) is 11.0 Å². The zero-order valence-corrected chi connectivity index (χ0v) is 12.5. The molecular formula is C14H17ClN4O2. The molecule has 1 fully saturated rings. The summed E-state index contributed by atoms with van der Waals surface area (Å²) in [4.78, 5) is 32.4. The van der Waals surface area contributed by atoms with Gasteiger partial charge in [0.2, 0.25) is 0 Å². The highest BCUT2D eigenvalue weighted by molar-refractivity contribution is 5.85. The van der Waals surface area contributed by atoms with Gasteiger partial charge in [0.25, 0.3) is 5.56 Å². The van der Waals surface area contributed by atoms with Crippen molar-refractivity contribution in [1.29, 1.82) is 0 Å². The van der Waals surface area contributed by atoms with Gasteiger partial charge in [0, 0.05) is 32.4 Å². The molecule has 1 saturated heterocycles. The third-order valence-electron chi connectivity index (χ3n) is 3.67. The molecule has 3 rings (SSSR count). The van der Waals surface area contributed by atoms with Crippen molar-refractivity contribution in [2.75, 3.05) is 38.1 Å². The lowest BCUT2D eigenvalue weighted by molar-refractivity contribution is 0.112. The van der Waals surface area contributed by atoms with Crippen LogP contribution >= 0.6 is 12.4 Å². The monoisotopic (exact) mass is 308 g/mol. The van der Waals surface area contributed by atoms with Crippen molar-refractivity contribution in [2.24, 2.45) is 0 Å². The Morgan fingerprint density at radius 3 is 2.57 bits per heavy atom. The van der Waals surface area contributed by atoms with E-state index in [1.165, 1.54) is 4.40 Å². The van der Waals surface area contributed by atoms with Gasteiger partial charge < -0.3 is 9.80 Å². The van der Waals surface area contributed by atoms with E-state index in [4.69, 9.17) is 0 Å². The maximum atomic E-state index is 12.3. The summed E-state index contributed by atoms with van der Waals surface area (Å²) in [6, 6.07) is 5.35. The Morgan fingerprint density at radius 2 is 1.90 bits per heavy atom. The van der Waals surface area contributed by atoms with Gasteiger partial charge in [-0.25, -0.2) is 4.98 Å². The van der Waals surface area contributed by atoms with Gasteiger partial charge in [-0.2, -0.15) is 0 Å². The van der Waals surface area contributed by atoms with E-state index in [-0.39, 0.29) is 23.5 Å². The lowest BCUT2D eigenvalue weighted by atomic mass is 10.2. The highest BCUT2D eigenvalue weighted by atomic mass is 35.5. The molecule has 0 unspecified atom stereocenters. The maximum absolute atomic E-state index is 12.3. The van der Waals surface area contributed by atoms with E-state index in [2.05, 4.69) is 16.9 Å². The number of aromatic nitrogens is 2. The van der Waals surface area contributed by atoms with Crippen LogP contribution < -0.4 is 10.5 Å². The number of likely N-dealkylation sites (N-methyl/N-ethyl adjacent to an activating group) is 1. The van der Waals surface area contributed by atoms with Crippen molar-refractivity contribution in [3.05, 3.63) is 40.3 Å². The molecule has 7 heteroatoms. The van der Waals surface area contributed by atoms with Crippen LogP contribution in [0.4, 0.5) is 5.82 Å². The van der Waals surface area contributed by atoms with Crippen molar-refractivity contribution < 1.29 is 4.79 Å². The number of fused-ring (bicyclic) bond motifs is 1. The molecule has 0 aromatic carbocycles. The van der Waals surface area contributed by atoms with Crippen LogP contribution in [0.3, 0.4) is 0 Å². The van der Waals surface area contributed by atoms with Crippen LogP contribution in [0.1, 0.15) is 10.4 Å². The number of halogens is 1. The van der Waals surface area contributed by atoms with E-state index in [0.29, 0.717) is 17.8 Å². The average Bonchev–Trinajstić information content (AvgIpc) is 2.48. The Bertz CT molecular complexity index is 708. The second kappa shape index (κ2) is 6.24. The molecule has 0 saturated carbocycles. The minimum absolute atomic E-state index is 0. The third-order valence-corrected chi connectivity index (χ3v) is 3.67. The van der Waals surface area contributed by atoms with Crippen LogP contribution in [0.5, 0.6) is 0 Å². The Hall–Kier alpha value is -1.92. The van der Waals surface area contributed by atoms with Crippen molar-refractivity contribution >= 4 is 30.2 Å². The number of nitrogens with zero attached hydrogens (tertiary/aromatic N) is 4. The number of anilines is 1. The minimum Gasteiger partial charge on any atom is -0.353 e. The van der Waals surface area contributed by atoms with E-state index in [1.54, 1.807) is 18.3 Å². The Balaban J connectivity index is 0.00000161. The van der Waals surface area contributed by atoms with E-state index < -0.39 is 0 Å². The van der Waals surface area contributed by atoms with E-state index in [9.17, 15) is 9.59 Å². The molecule has 0 bridgehead atoms. The van der Waals surface area contributed by atoms with Gasteiger partial charge >= 0.3 is 0 Å². The van der Waals surface area contributed by atoms with Crippen molar-refractivity contribution in [2.45, 2.75) is 0 Å². The van der Waals surface area contributed by atoms with Crippen LogP contribution in [-0.4, -0.2) is 53.8 Å². The Labute approximate surface area is 128 Å². The number of carbonyl (C=O) groups excluding carboxylic acids is 1. The maximum Gasteiger partial charge on any atom is 0.270 e. The second-order valence-corrected chi connectivity index (χ2v) is 4.99. The molecule has 0 spiro atoms. The number of pyridine rings is 1. The van der Waals surface area contributed by atoms with Gasteiger partial charge in [-0.1, -0.05) is 6.07 Å². The topological polar surface area (TPSA) is 57.9 Å². The smallest absolute Gasteiger partial charge is 0.270 e. The Kier molecular flexibility index (Phi) is 4.59. The number of hydrogen-bond acceptors (Lipinski definition) is 5. The minimum atomic E-state index is -0.306. The predicted molar refractivity (Wildman–Crippen MR) is 83.8 cm³/mol. The Morgan fingerprint density at radius 1 is 1.19 bits per heavy atom. The van der Waals surface area contributed by atoms with Crippen LogP contribution in [0.15, 0.2) is 29.2 Å². The van der Waals surface area contributed by atoms with Crippen molar-refractivity contribution in [3.63, 3.8) is 0 Å². The van der Waals surface area contributed by atoms with E-state index in [0.717, 1.165) is 26.2 Å². The van der Waals surface area contributed by atoms with Crippen molar-refractivity contribution in [3.8, 4) is 0 Å². The molecule has 0 N–H and O–H groups in total. The summed E-state index contributed by atoms with van der Waals surface area (Å²) in [7, 11) is 2.06. The summed E-state index contributed by atoms with van der Waals surface area (Å²) in [6.45, 7) is 3.34. The summed E-state index contributed by atoms with van der Waals surface area (Å²) >= 11 is 0. The van der Waals surface area contributed by atoms with E-state index >= 15 is 0 Å². The normalized spacial score (nSPS) is 15.8. The predicted octanol–water partition coefficient (Wildman–Crippen LogP) is 0.681. The first-order valence-electron chi connectivity index (χ1n) is 6.61. The second-order valence-electron chi connectivity index (χ2n) is 4.99. The fourth-order valence-corrected chi connectivity index (χ4v) is 2.45. The molecule has 1 aliphatic heterocycles. The van der Waals surface area contributed by atoms with Crippen molar-refractivity contribution in [1.82, 2.24) is 14.3 Å². The molecule has 0 amide bonds. The lowest BCUT2D eigenvalue weighted by Gasteiger charge is -2.33. The number of aldehydes is 1. The largest absolute Gasteiger partial charge is 0.353 e. The molecule has 112 valence electrons. The summed E-state index contributed by atoms with van der Waals surface area (Å²) in [5, 5.41) is 0. The van der Waals surface area contributed by atoms with Gasteiger partial charge in [-0.05, 0) is 19.2 Å². The molecule has 0 atom stereocenters. The van der Waals surface area contributed by atoms with Gasteiger partial charge in [-0.15, -0.1) is 12.4 Å². The quantitative estimate of drug-likeness (QED) is 0.764. The third kappa shape index (κ3) is 2.77. The van der Waals surface area contributed by atoms with Crippen LogP contribution in [0.25, 0.3) is 5.65 Å². The fourth-order valence-electron chi connectivity index (χ4n) is 2.45. The highest BCUT2D eigenvalue weighted by Crippen LogP contribution is 2.16. The first-order valence-corrected chi connectivity index (χ1v) is 6.61. The number of hydrogen-bond donors (Lipinski definition) is 0. The average molecular weight is 309 g/mol. The highest BCUT2D eigenvalue weighted by Gasteiger charge is 2.21. The molecule has 2 aromatic rings. The summed E-state index contributed by atoms with van der Waals surface area (Å²) < 4.78 is 1.41. The van der Waals surface area contributed by atoms with Gasteiger partial charge in [-0.3, -0.25) is 14.0 Å². The van der Waals surface area contributed by atoms with Crippen LogP contribution in [0.2, 0.25) is 0 Å². The number of rotatable bonds is 2. The molecule has 2 aromatic heterocycles. The zero-order chi connectivity index (χ0) is 14.1. The molecule has 6 nitrogen and oxygen atoms in total. The van der Waals surface area contributed by atoms with Gasteiger partial charge in [0.05, 0.1) is 0 Å². The molecule has 0 radical (unpaired) electrons.